The van der Waals surface area contributed by atoms with Crippen molar-refractivity contribution in [2.75, 3.05) is 13.1 Å². The number of amides is 1. The standard InChI is InChI=1S/C21H42N2O3/c1-3-5-7-9-11-13-17-23(18-14-12-10-8-6-4-2)21(26)19(22)15-16-20(24)25/h19H,3-18,22H2,1-2H3,(H,24,25)/t19-/m0/s1. The Morgan fingerprint density at radius 2 is 1.23 bits per heavy atom. The highest BCUT2D eigenvalue weighted by atomic mass is 16.4. The monoisotopic (exact) mass is 370 g/mol. The third kappa shape index (κ3) is 14.1. The number of rotatable bonds is 18. The van der Waals surface area contributed by atoms with E-state index in [1.807, 2.05) is 4.90 Å². The SMILES string of the molecule is CCCCCCCCN(CCCCCCCC)C(=O)[C@@H](N)CCC(=O)O. The third-order valence-corrected chi connectivity index (χ3v) is 4.86. The van der Waals surface area contributed by atoms with E-state index >= 15 is 0 Å². The molecule has 1 atom stereocenters. The van der Waals surface area contributed by atoms with Crippen LogP contribution in [0.2, 0.25) is 0 Å². The molecule has 0 aromatic carbocycles. The Bertz CT molecular complexity index is 345. The summed E-state index contributed by atoms with van der Waals surface area (Å²) in [7, 11) is 0. The van der Waals surface area contributed by atoms with Gasteiger partial charge in [-0.1, -0.05) is 78.1 Å². The van der Waals surface area contributed by atoms with Gasteiger partial charge in [0.1, 0.15) is 0 Å². The molecule has 3 N–H and O–H groups in total. The third-order valence-electron chi connectivity index (χ3n) is 4.86. The minimum Gasteiger partial charge on any atom is -0.481 e. The summed E-state index contributed by atoms with van der Waals surface area (Å²) < 4.78 is 0. The lowest BCUT2D eigenvalue weighted by Crippen LogP contribution is -2.44. The van der Waals surface area contributed by atoms with Crippen LogP contribution < -0.4 is 5.73 Å². The highest BCUT2D eigenvalue weighted by Crippen LogP contribution is 2.11. The number of aliphatic carboxylic acids is 1. The maximum absolute atomic E-state index is 12.6. The normalized spacial score (nSPS) is 12.1. The number of hydrogen-bond donors (Lipinski definition) is 2. The van der Waals surface area contributed by atoms with Crippen LogP contribution in [0.1, 0.15) is 104 Å². The number of carboxylic acids is 1. The minimum atomic E-state index is -0.897. The Morgan fingerprint density at radius 1 is 0.808 bits per heavy atom. The van der Waals surface area contributed by atoms with Gasteiger partial charge in [-0.15, -0.1) is 0 Å². The quantitative estimate of drug-likeness (QED) is 0.342. The first-order valence-corrected chi connectivity index (χ1v) is 10.8. The number of carboxylic acid groups (broad SMARTS) is 1. The fraction of sp³-hybridized carbons (Fsp3) is 0.905. The number of nitrogens with two attached hydrogens (primary N) is 1. The van der Waals surface area contributed by atoms with E-state index in [9.17, 15) is 9.59 Å². The van der Waals surface area contributed by atoms with Crippen LogP contribution in [0.15, 0.2) is 0 Å². The van der Waals surface area contributed by atoms with Gasteiger partial charge in [0.25, 0.3) is 0 Å². The topological polar surface area (TPSA) is 83.6 Å². The predicted molar refractivity (Wildman–Crippen MR) is 108 cm³/mol. The van der Waals surface area contributed by atoms with Gasteiger partial charge < -0.3 is 15.7 Å². The van der Waals surface area contributed by atoms with Crippen LogP contribution in [0.3, 0.4) is 0 Å². The van der Waals surface area contributed by atoms with Crippen LogP contribution in [0.5, 0.6) is 0 Å². The molecule has 154 valence electrons. The highest BCUT2D eigenvalue weighted by molar-refractivity contribution is 5.82. The van der Waals surface area contributed by atoms with Crippen molar-refractivity contribution in [2.24, 2.45) is 5.73 Å². The second-order valence-corrected chi connectivity index (χ2v) is 7.40. The average molecular weight is 371 g/mol. The highest BCUT2D eigenvalue weighted by Gasteiger charge is 2.21. The van der Waals surface area contributed by atoms with E-state index < -0.39 is 12.0 Å². The molecule has 0 heterocycles. The fourth-order valence-corrected chi connectivity index (χ4v) is 3.14. The fourth-order valence-electron chi connectivity index (χ4n) is 3.14. The molecule has 0 aromatic heterocycles. The Hall–Kier alpha value is -1.10. The molecule has 0 rings (SSSR count). The van der Waals surface area contributed by atoms with Crippen molar-refractivity contribution in [1.29, 1.82) is 0 Å². The van der Waals surface area contributed by atoms with Crippen molar-refractivity contribution in [3.8, 4) is 0 Å². The summed E-state index contributed by atoms with van der Waals surface area (Å²) in [6, 6.07) is -0.689. The molecule has 0 aliphatic heterocycles. The molecular weight excluding hydrogens is 328 g/mol. The van der Waals surface area contributed by atoms with Crippen LogP contribution in [-0.2, 0) is 9.59 Å². The van der Waals surface area contributed by atoms with Gasteiger partial charge in [0.2, 0.25) is 5.91 Å². The van der Waals surface area contributed by atoms with E-state index in [0.29, 0.717) is 0 Å². The molecule has 1 amide bonds. The lowest BCUT2D eigenvalue weighted by atomic mass is 10.1. The first kappa shape index (κ1) is 24.9. The second kappa shape index (κ2) is 17.3. The summed E-state index contributed by atoms with van der Waals surface area (Å²) in [4.78, 5) is 25.2. The van der Waals surface area contributed by atoms with Crippen LogP contribution in [0.4, 0.5) is 0 Å². The average Bonchev–Trinajstić information content (AvgIpc) is 2.62. The number of carbonyl (C=O) groups is 2. The largest absolute Gasteiger partial charge is 0.481 e. The van der Waals surface area contributed by atoms with Gasteiger partial charge in [-0.05, 0) is 19.3 Å². The van der Waals surface area contributed by atoms with Crippen molar-refractivity contribution in [3.05, 3.63) is 0 Å². The molecule has 0 saturated carbocycles. The maximum atomic E-state index is 12.6. The van der Waals surface area contributed by atoms with Gasteiger partial charge in [0.05, 0.1) is 6.04 Å². The molecular formula is C21H42N2O3. The molecule has 0 unspecified atom stereocenters. The first-order chi connectivity index (χ1) is 12.5. The Balaban J connectivity index is 4.28. The van der Waals surface area contributed by atoms with Crippen molar-refractivity contribution in [1.82, 2.24) is 4.90 Å². The van der Waals surface area contributed by atoms with E-state index in [4.69, 9.17) is 10.8 Å². The summed E-state index contributed by atoms with van der Waals surface area (Å²) in [5.74, 6) is -0.972. The van der Waals surface area contributed by atoms with Crippen molar-refractivity contribution >= 4 is 11.9 Å². The Kier molecular flexibility index (Phi) is 16.6. The van der Waals surface area contributed by atoms with E-state index in [1.165, 1.54) is 51.4 Å². The molecule has 26 heavy (non-hydrogen) atoms. The summed E-state index contributed by atoms with van der Waals surface area (Å²) in [5.41, 5.74) is 5.95. The molecule has 0 fully saturated rings. The van der Waals surface area contributed by atoms with Crippen LogP contribution in [-0.4, -0.2) is 41.0 Å². The van der Waals surface area contributed by atoms with Gasteiger partial charge >= 0.3 is 5.97 Å². The molecule has 0 spiro atoms. The smallest absolute Gasteiger partial charge is 0.303 e. The van der Waals surface area contributed by atoms with Gasteiger partial charge in [-0.3, -0.25) is 9.59 Å². The van der Waals surface area contributed by atoms with Crippen molar-refractivity contribution in [3.63, 3.8) is 0 Å². The number of carbonyl (C=O) groups excluding carboxylic acids is 1. The predicted octanol–water partition coefficient (Wildman–Crippen LogP) is 4.73. The van der Waals surface area contributed by atoms with Gasteiger partial charge in [0, 0.05) is 19.5 Å². The van der Waals surface area contributed by atoms with Crippen LogP contribution >= 0.6 is 0 Å². The summed E-state index contributed by atoms with van der Waals surface area (Å²) in [6.07, 6.45) is 14.5. The molecule has 0 aromatic rings. The zero-order valence-corrected chi connectivity index (χ0v) is 17.2. The van der Waals surface area contributed by atoms with E-state index in [0.717, 1.165) is 38.8 Å². The van der Waals surface area contributed by atoms with Crippen molar-refractivity contribution in [2.45, 2.75) is 110 Å². The molecule has 0 bridgehead atoms. The zero-order valence-electron chi connectivity index (χ0n) is 17.2. The number of hydrogen-bond acceptors (Lipinski definition) is 3. The maximum Gasteiger partial charge on any atom is 0.303 e. The number of nitrogens with zero attached hydrogens (tertiary/aromatic N) is 1. The van der Waals surface area contributed by atoms with Gasteiger partial charge in [-0.2, -0.15) is 0 Å². The molecule has 0 saturated heterocycles. The summed E-state index contributed by atoms with van der Waals surface area (Å²) in [5, 5.41) is 8.79. The summed E-state index contributed by atoms with van der Waals surface area (Å²) in [6.45, 7) is 5.92. The summed E-state index contributed by atoms with van der Waals surface area (Å²) >= 11 is 0. The van der Waals surface area contributed by atoms with Gasteiger partial charge in [0.15, 0.2) is 0 Å². The first-order valence-electron chi connectivity index (χ1n) is 10.8. The van der Waals surface area contributed by atoms with Crippen LogP contribution in [0, 0.1) is 0 Å². The second-order valence-electron chi connectivity index (χ2n) is 7.40. The molecule has 5 nitrogen and oxygen atoms in total. The zero-order chi connectivity index (χ0) is 19.6. The molecule has 0 radical (unpaired) electrons. The molecule has 5 heteroatoms. The van der Waals surface area contributed by atoms with Gasteiger partial charge in [-0.25, -0.2) is 0 Å². The minimum absolute atomic E-state index is 0.0468. The molecule has 0 aliphatic rings. The van der Waals surface area contributed by atoms with E-state index in [1.54, 1.807) is 0 Å². The number of unbranched alkanes of at least 4 members (excludes halogenated alkanes) is 10. The molecule has 0 aliphatic carbocycles. The van der Waals surface area contributed by atoms with E-state index in [-0.39, 0.29) is 18.7 Å². The Morgan fingerprint density at radius 3 is 1.65 bits per heavy atom. The lowest BCUT2D eigenvalue weighted by molar-refractivity contribution is -0.137. The van der Waals surface area contributed by atoms with E-state index in [2.05, 4.69) is 13.8 Å². The lowest BCUT2D eigenvalue weighted by Gasteiger charge is -2.26. The van der Waals surface area contributed by atoms with Crippen molar-refractivity contribution < 1.29 is 14.7 Å². The Labute approximate surface area is 160 Å². The van der Waals surface area contributed by atoms with Crippen LogP contribution in [0.25, 0.3) is 0 Å².